The van der Waals surface area contributed by atoms with Gasteiger partial charge < -0.3 is 0 Å². The van der Waals surface area contributed by atoms with Crippen LogP contribution in [0, 0.1) is 57.2 Å². The molecule has 0 rings (SSSR count). The van der Waals surface area contributed by atoms with E-state index in [2.05, 4.69) is 119 Å². The van der Waals surface area contributed by atoms with Gasteiger partial charge in [-0.05, 0) is 94.9 Å². The van der Waals surface area contributed by atoms with Crippen LogP contribution < -0.4 is 0 Å². The monoisotopic (exact) mass is 332 g/mol. The summed E-state index contributed by atoms with van der Waals surface area (Å²) < 4.78 is 0. The highest BCUT2D eigenvalue weighted by Crippen LogP contribution is 2.15. The smallest absolute Gasteiger partial charge is 0.0240 e. The summed E-state index contributed by atoms with van der Waals surface area (Å²) in [6, 6.07) is 0. The van der Waals surface area contributed by atoms with Crippen LogP contribution in [-0.4, -0.2) is 0 Å². The molecule has 140 valence electrons. The van der Waals surface area contributed by atoms with E-state index < -0.39 is 0 Å². The molecule has 24 heavy (non-hydrogen) atoms. The van der Waals surface area contributed by atoms with Gasteiger partial charge in [-0.25, -0.2) is 0 Å². The topological polar surface area (TPSA) is 0 Å². The van der Waals surface area contributed by atoms with Crippen molar-refractivity contribution in [1.29, 1.82) is 0 Å². The van der Waals surface area contributed by atoms with E-state index in [0.717, 1.165) is 0 Å². The van der Waals surface area contributed by atoms with Crippen LogP contribution in [0.5, 0.6) is 0 Å². The van der Waals surface area contributed by atoms with Gasteiger partial charge in [0, 0.05) is 21.7 Å². The van der Waals surface area contributed by atoms with Gasteiger partial charge in [-0.15, -0.1) is 0 Å². The first-order valence-corrected chi connectivity index (χ1v) is 8.00. The molecule has 0 N–H and O–H groups in total. The van der Waals surface area contributed by atoms with Gasteiger partial charge in [0.1, 0.15) is 0 Å². The minimum absolute atomic E-state index is 0. The van der Waals surface area contributed by atoms with Crippen LogP contribution in [0.15, 0.2) is 0 Å². The Bertz CT molecular complexity index is 450. The maximum Gasteiger partial charge on any atom is 0.0240 e. The van der Waals surface area contributed by atoms with E-state index in [1.54, 1.807) is 0 Å². The highest BCUT2D eigenvalue weighted by Gasteiger charge is 2.08. The van der Waals surface area contributed by atoms with Crippen molar-refractivity contribution >= 4 is 0 Å². The Morgan fingerprint density at radius 3 is 0.625 bits per heavy atom. The Labute approximate surface area is 155 Å². The van der Waals surface area contributed by atoms with Crippen LogP contribution >= 0.6 is 0 Å². The van der Waals surface area contributed by atoms with Crippen LogP contribution in [0.25, 0.3) is 0 Å². The molecule has 0 aromatic heterocycles. The van der Waals surface area contributed by atoms with Crippen molar-refractivity contribution in [3.63, 3.8) is 0 Å². The van der Waals surface area contributed by atoms with E-state index in [-0.39, 0.29) is 36.5 Å². The predicted molar refractivity (Wildman–Crippen MR) is 115 cm³/mol. The van der Waals surface area contributed by atoms with Crippen LogP contribution in [0.4, 0.5) is 0 Å². The second-order valence-corrected chi connectivity index (χ2v) is 9.75. The molecule has 0 heterocycles. The molecule has 0 radical (unpaired) electrons. The van der Waals surface area contributed by atoms with Gasteiger partial charge >= 0.3 is 0 Å². The molecule has 0 fully saturated rings. The molecule has 0 spiro atoms. The summed E-state index contributed by atoms with van der Waals surface area (Å²) in [6.07, 6.45) is 0. The first kappa shape index (κ1) is 30.5. The molecule has 0 bridgehead atoms. The lowest BCUT2D eigenvalue weighted by atomic mass is 9.92. The van der Waals surface area contributed by atoms with Crippen molar-refractivity contribution in [3.05, 3.63) is 0 Å². The van der Waals surface area contributed by atoms with Crippen LogP contribution in [0.1, 0.15) is 97.9 Å². The summed E-state index contributed by atoms with van der Waals surface area (Å²) in [7, 11) is 0. The molecule has 0 saturated heterocycles. The van der Waals surface area contributed by atoms with E-state index in [4.69, 9.17) is 0 Å². The minimum Gasteiger partial charge on any atom is -0.0968 e. The average molecular weight is 333 g/mol. The quantitative estimate of drug-likeness (QED) is 0.404. The lowest BCUT2D eigenvalue weighted by Gasteiger charge is -2.12. The summed E-state index contributed by atoms with van der Waals surface area (Å²) in [4.78, 5) is 0. The third kappa shape index (κ3) is 37.2. The molecule has 0 aromatic carbocycles. The molecule has 0 heteroatoms. The highest BCUT2D eigenvalue weighted by atomic mass is 14.1. The SMILES string of the molecule is C.C.CC(C)(C)C#CC#CC(C)(C)C.CC(C)(C)C#CC(C)(C)C. The number of hydrogen-bond acceptors (Lipinski definition) is 0. The molecule has 0 atom stereocenters. The fourth-order valence-electron chi connectivity index (χ4n) is 0.812. The third-order valence-corrected chi connectivity index (χ3v) is 1.75. The van der Waals surface area contributed by atoms with Gasteiger partial charge in [0.2, 0.25) is 0 Å². The van der Waals surface area contributed by atoms with Crippen LogP contribution in [0.2, 0.25) is 0 Å². The highest BCUT2D eigenvalue weighted by molar-refractivity contribution is 5.29. The molecular weight excluding hydrogens is 288 g/mol. The van der Waals surface area contributed by atoms with Crippen LogP contribution in [-0.2, 0) is 0 Å². The summed E-state index contributed by atoms with van der Waals surface area (Å²) in [6.45, 7) is 25.3. The van der Waals surface area contributed by atoms with Crippen molar-refractivity contribution in [2.75, 3.05) is 0 Å². The Balaban J connectivity index is -0.000000156. The molecule has 0 saturated carbocycles. The largest absolute Gasteiger partial charge is 0.0968 e. The maximum absolute atomic E-state index is 3.21. The van der Waals surface area contributed by atoms with E-state index in [1.165, 1.54) is 0 Å². The molecule has 0 aliphatic carbocycles. The lowest BCUT2D eigenvalue weighted by molar-refractivity contribution is 0.543. The van der Waals surface area contributed by atoms with Crippen molar-refractivity contribution in [1.82, 2.24) is 0 Å². The predicted octanol–water partition coefficient (Wildman–Crippen LogP) is 7.44. The van der Waals surface area contributed by atoms with Gasteiger partial charge in [0.25, 0.3) is 0 Å². The van der Waals surface area contributed by atoms with Crippen LogP contribution in [0.3, 0.4) is 0 Å². The normalized spacial score (nSPS) is 10.5. The Kier molecular flexibility index (Phi) is 14.3. The molecule has 0 unspecified atom stereocenters. The van der Waals surface area contributed by atoms with Crippen molar-refractivity contribution < 1.29 is 0 Å². The summed E-state index contributed by atoms with van der Waals surface area (Å²) in [5.74, 6) is 18.3. The van der Waals surface area contributed by atoms with E-state index >= 15 is 0 Å². The molecule has 0 nitrogen and oxygen atoms in total. The lowest BCUT2D eigenvalue weighted by Crippen LogP contribution is -2.05. The zero-order valence-electron chi connectivity index (χ0n) is 17.0. The van der Waals surface area contributed by atoms with Gasteiger partial charge in [-0.3, -0.25) is 0 Å². The van der Waals surface area contributed by atoms with Crippen molar-refractivity contribution in [2.24, 2.45) is 21.7 Å². The number of hydrogen-bond donors (Lipinski definition) is 0. The summed E-state index contributed by atoms with van der Waals surface area (Å²) in [5, 5.41) is 0. The zero-order chi connectivity index (χ0) is 18.2. The van der Waals surface area contributed by atoms with Gasteiger partial charge in [0.15, 0.2) is 0 Å². The first-order chi connectivity index (χ1) is 9.41. The maximum atomic E-state index is 3.21. The Hall–Kier alpha value is -1.32. The van der Waals surface area contributed by atoms with E-state index in [0.29, 0.717) is 0 Å². The Morgan fingerprint density at radius 1 is 0.333 bits per heavy atom. The van der Waals surface area contributed by atoms with Gasteiger partial charge in [0.05, 0.1) is 0 Å². The van der Waals surface area contributed by atoms with E-state index in [1.807, 2.05) is 0 Å². The van der Waals surface area contributed by atoms with E-state index in [9.17, 15) is 0 Å². The molecule has 0 aliphatic rings. The van der Waals surface area contributed by atoms with Crippen molar-refractivity contribution in [3.8, 4) is 35.5 Å². The average Bonchev–Trinajstić information content (AvgIpc) is 2.18. The first-order valence-electron chi connectivity index (χ1n) is 8.00. The molecular formula is C24H44. The van der Waals surface area contributed by atoms with Gasteiger partial charge in [-0.1, -0.05) is 38.5 Å². The zero-order valence-corrected chi connectivity index (χ0v) is 17.0. The van der Waals surface area contributed by atoms with Crippen molar-refractivity contribution in [2.45, 2.75) is 97.9 Å². The number of rotatable bonds is 0. The fourth-order valence-corrected chi connectivity index (χ4v) is 0.812. The summed E-state index contributed by atoms with van der Waals surface area (Å²) >= 11 is 0. The minimum atomic E-state index is 0. The Morgan fingerprint density at radius 2 is 0.500 bits per heavy atom. The second-order valence-electron chi connectivity index (χ2n) is 9.75. The standard InChI is InChI=1S/C12H18.C10H18.2CH4/c1-11(2,3)9-7-8-10-12(4,5)6;1-9(2,3)7-8-10(4,5)6;;/h1-6H3;1-6H3;2*1H4. The fraction of sp³-hybridized carbons (Fsp3) is 0.750. The van der Waals surface area contributed by atoms with Gasteiger partial charge in [-0.2, -0.15) is 0 Å². The molecule has 0 aliphatic heterocycles. The molecule has 0 amide bonds. The third-order valence-electron chi connectivity index (χ3n) is 1.75. The summed E-state index contributed by atoms with van der Waals surface area (Å²) in [5.41, 5.74) is 0.416. The second kappa shape index (κ2) is 11.3. The molecule has 0 aromatic rings.